The minimum atomic E-state index is 0.781. The predicted octanol–water partition coefficient (Wildman–Crippen LogP) is 0.555. The van der Waals surface area contributed by atoms with Gasteiger partial charge in [0.25, 0.3) is 0 Å². The Hall–Kier alpha value is -0.940. The molecule has 2 heterocycles. The molecule has 5 nitrogen and oxygen atoms in total. The molecule has 1 aliphatic rings. The summed E-state index contributed by atoms with van der Waals surface area (Å²) in [6.07, 6.45) is 2.64. The number of aryl methyl sites for hydroxylation is 1. The lowest BCUT2D eigenvalue weighted by atomic mass is 9.98. The molecule has 1 aliphatic heterocycles. The molecule has 1 N–H and O–H groups in total. The zero-order chi connectivity index (χ0) is 12.3. The fraction of sp³-hybridized carbons (Fsp3) is 0.833. The quantitative estimate of drug-likeness (QED) is 0.831. The lowest BCUT2D eigenvalue weighted by molar-refractivity contribution is 0.162. The second-order valence-corrected chi connectivity index (χ2v) is 5.02. The number of aromatic nitrogens is 3. The number of hydrogen-bond donors (Lipinski definition) is 1. The van der Waals surface area contributed by atoms with Crippen LogP contribution in [0.15, 0.2) is 0 Å². The van der Waals surface area contributed by atoms with E-state index in [0.29, 0.717) is 0 Å². The Morgan fingerprint density at radius 1 is 1.41 bits per heavy atom. The SMILES string of the molecule is CNCC1CCCN(Cc2nnc(C)n2C)C1. The van der Waals surface area contributed by atoms with Crippen molar-refractivity contribution in [3.63, 3.8) is 0 Å². The van der Waals surface area contributed by atoms with Crippen LogP contribution >= 0.6 is 0 Å². The zero-order valence-corrected chi connectivity index (χ0v) is 11.1. The predicted molar refractivity (Wildman–Crippen MR) is 67.7 cm³/mol. The molecule has 1 atom stereocenters. The van der Waals surface area contributed by atoms with Crippen molar-refractivity contribution in [1.29, 1.82) is 0 Å². The highest BCUT2D eigenvalue weighted by Gasteiger charge is 2.20. The van der Waals surface area contributed by atoms with Gasteiger partial charge in [-0.1, -0.05) is 0 Å². The Morgan fingerprint density at radius 2 is 2.24 bits per heavy atom. The summed E-state index contributed by atoms with van der Waals surface area (Å²) >= 11 is 0. The molecule has 1 saturated heterocycles. The molecule has 0 bridgehead atoms. The lowest BCUT2D eigenvalue weighted by Crippen LogP contribution is -2.39. The molecule has 0 amide bonds. The van der Waals surface area contributed by atoms with Gasteiger partial charge < -0.3 is 9.88 Å². The maximum Gasteiger partial charge on any atom is 0.146 e. The van der Waals surface area contributed by atoms with Crippen LogP contribution in [0.3, 0.4) is 0 Å². The summed E-state index contributed by atoms with van der Waals surface area (Å²) in [4.78, 5) is 2.50. The van der Waals surface area contributed by atoms with E-state index in [4.69, 9.17) is 0 Å². The van der Waals surface area contributed by atoms with Crippen LogP contribution in [0.4, 0.5) is 0 Å². The van der Waals surface area contributed by atoms with Gasteiger partial charge in [-0.15, -0.1) is 10.2 Å². The summed E-state index contributed by atoms with van der Waals surface area (Å²) in [6, 6.07) is 0. The monoisotopic (exact) mass is 237 g/mol. The fourth-order valence-corrected chi connectivity index (χ4v) is 2.54. The summed E-state index contributed by atoms with van der Waals surface area (Å²) < 4.78 is 2.09. The molecule has 0 aliphatic carbocycles. The van der Waals surface area contributed by atoms with Crippen molar-refractivity contribution in [2.45, 2.75) is 26.3 Å². The van der Waals surface area contributed by atoms with E-state index in [-0.39, 0.29) is 0 Å². The third kappa shape index (κ3) is 3.04. The highest BCUT2D eigenvalue weighted by molar-refractivity contribution is 4.93. The molecular formula is C12H23N5. The van der Waals surface area contributed by atoms with Gasteiger partial charge >= 0.3 is 0 Å². The Bertz CT molecular complexity index is 358. The number of nitrogens with zero attached hydrogens (tertiary/aromatic N) is 4. The number of hydrogen-bond acceptors (Lipinski definition) is 4. The van der Waals surface area contributed by atoms with Crippen molar-refractivity contribution in [1.82, 2.24) is 25.0 Å². The van der Waals surface area contributed by atoms with Gasteiger partial charge in [0.2, 0.25) is 0 Å². The van der Waals surface area contributed by atoms with E-state index in [0.717, 1.165) is 30.7 Å². The van der Waals surface area contributed by atoms with Crippen LogP contribution in [0.5, 0.6) is 0 Å². The number of rotatable bonds is 4. The van der Waals surface area contributed by atoms with Crippen molar-refractivity contribution in [3.8, 4) is 0 Å². The van der Waals surface area contributed by atoms with E-state index in [1.54, 1.807) is 0 Å². The van der Waals surface area contributed by atoms with Crippen molar-refractivity contribution in [2.24, 2.45) is 13.0 Å². The van der Waals surface area contributed by atoms with E-state index < -0.39 is 0 Å². The average Bonchev–Trinajstić information content (AvgIpc) is 2.62. The zero-order valence-electron chi connectivity index (χ0n) is 11.1. The first kappa shape index (κ1) is 12.5. The fourth-order valence-electron chi connectivity index (χ4n) is 2.54. The van der Waals surface area contributed by atoms with Crippen molar-refractivity contribution >= 4 is 0 Å². The van der Waals surface area contributed by atoms with E-state index in [2.05, 4.69) is 25.0 Å². The normalized spacial score (nSPS) is 21.9. The van der Waals surface area contributed by atoms with Crippen LogP contribution < -0.4 is 5.32 Å². The molecule has 2 rings (SSSR count). The first-order chi connectivity index (χ1) is 8.20. The van der Waals surface area contributed by atoms with Crippen LogP contribution in [0.1, 0.15) is 24.5 Å². The highest BCUT2D eigenvalue weighted by atomic mass is 15.3. The first-order valence-electron chi connectivity index (χ1n) is 6.42. The third-order valence-corrected chi connectivity index (χ3v) is 3.64. The van der Waals surface area contributed by atoms with Gasteiger partial charge in [-0.05, 0) is 45.8 Å². The molecule has 96 valence electrons. The van der Waals surface area contributed by atoms with Gasteiger partial charge in [0.15, 0.2) is 0 Å². The molecule has 0 saturated carbocycles. The van der Waals surface area contributed by atoms with E-state index in [1.165, 1.54) is 25.9 Å². The van der Waals surface area contributed by atoms with E-state index >= 15 is 0 Å². The van der Waals surface area contributed by atoms with Crippen LogP contribution in [-0.4, -0.2) is 46.3 Å². The molecule has 5 heteroatoms. The van der Waals surface area contributed by atoms with Crippen LogP contribution in [0.2, 0.25) is 0 Å². The van der Waals surface area contributed by atoms with Crippen molar-refractivity contribution in [3.05, 3.63) is 11.6 Å². The molecule has 1 aromatic rings. The summed E-state index contributed by atoms with van der Waals surface area (Å²) in [6.45, 7) is 6.40. The van der Waals surface area contributed by atoms with Crippen LogP contribution in [0, 0.1) is 12.8 Å². The Labute approximate surface area is 103 Å². The van der Waals surface area contributed by atoms with Gasteiger partial charge in [0, 0.05) is 13.6 Å². The second-order valence-electron chi connectivity index (χ2n) is 5.02. The van der Waals surface area contributed by atoms with Crippen LogP contribution in [0.25, 0.3) is 0 Å². The molecule has 1 unspecified atom stereocenters. The lowest BCUT2D eigenvalue weighted by Gasteiger charge is -2.32. The standard InChI is InChI=1S/C12H23N5/c1-10-14-15-12(16(10)3)9-17-6-4-5-11(8-17)7-13-2/h11,13H,4-9H2,1-3H3. The maximum atomic E-state index is 4.24. The number of piperidine rings is 1. The summed E-state index contributed by atoms with van der Waals surface area (Å²) in [7, 11) is 4.07. The Morgan fingerprint density at radius 3 is 2.88 bits per heavy atom. The minimum Gasteiger partial charge on any atom is -0.319 e. The maximum absolute atomic E-state index is 4.24. The molecule has 17 heavy (non-hydrogen) atoms. The molecule has 0 radical (unpaired) electrons. The number of likely N-dealkylation sites (tertiary alicyclic amines) is 1. The molecule has 0 spiro atoms. The van der Waals surface area contributed by atoms with Gasteiger partial charge in [0.1, 0.15) is 11.6 Å². The molecular weight excluding hydrogens is 214 g/mol. The first-order valence-corrected chi connectivity index (χ1v) is 6.42. The van der Waals surface area contributed by atoms with Gasteiger partial charge in [0.05, 0.1) is 6.54 Å². The molecule has 1 aromatic heterocycles. The molecule has 0 aromatic carbocycles. The van der Waals surface area contributed by atoms with Gasteiger partial charge in [-0.2, -0.15) is 0 Å². The minimum absolute atomic E-state index is 0.781. The summed E-state index contributed by atoms with van der Waals surface area (Å²) in [5, 5.41) is 11.6. The topological polar surface area (TPSA) is 46.0 Å². The second kappa shape index (κ2) is 5.60. The molecule has 1 fully saturated rings. The largest absolute Gasteiger partial charge is 0.319 e. The summed E-state index contributed by atoms with van der Waals surface area (Å²) in [5.41, 5.74) is 0. The highest BCUT2D eigenvalue weighted by Crippen LogP contribution is 2.17. The van der Waals surface area contributed by atoms with Gasteiger partial charge in [-0.3, -0.25) is 4.90 Å². The summed E-state index contributed by atoms with van der Waals surface area (Å²) in [5.74, 6) is 2.85. The van der Waals surface area contributed by atoms with E-state index in [9.17, 15) is 0 Å². The average molecular weight is 237 g/mol. The van der Waals surface area contributed by atoms with E-state index in [1.807, 2.05) is 21.0 Å². The smallest absolute Gasteiger partial charge is 0.146 e. The third-order valence-electron chi connectivity index (χ3n) is 3.64. The van der Waals surface area contributed by atoms with Gasteiger partial charge in [-0.25, -0.2) is 0 Å². The Balaban J connectivity index is 1.92. The van der Waals surface area contributed by atoms with Crippen molar-refractivity contribution < 1.29 is 0 Å². The number of nitrogens with one attached hydrogen (secondary N) is 1. The van der Waals surface area contributed by atoms with Crippen LogP contribution in [-0.2, 0) is 13.6 Å². The Kier molecular flexibility index (Phi) is 4.12. The van der Waals surface area contributed by atoms with Crippen molar-refractivity contribution in [2.75, 3.05) is 26.7 Å².